The predicted octanol–water partition coefficient (Wildman–Crippen LogP) is 6.96. The second-order valence-corrected chi connectivity index (χ2v) is 9.29. The van der Waals surface area contributed by atoms with Crippen LogP contribution in [0.3, 0.4) is 0 Å². The molecule has 0 saturated carbocycles. The normalized spacial score (nSPS) is 11.6. The van der Waals surface area contributed by atoms with E-state index in [4.69, 9.17) is 4.74 Å². The van der Waals surface area contributed by atoms with Crippen LogP contribution in [0.1, 0.15) is 70.7 Å². The van der Waals surface area contributed by atoms with E-state index >= 15 is 0 Å². The predicted molar refractivity (Wildman–Crippen MR) is 135 cm³/mol. The summed E-state index contributed by atoms with van der Waals surface area (Å²) in [6.07, 6.45) is 1.71. The maximum absolute atomic E-state index is 13.0. The lowest BCUT2D eigenvalue weighted by atomic mass is 9.94. The molecule has 0 radical (unpaired) electrons. The van der Waals surface area contributed by atoms with Crippen molar-refractivity contribution in [2.45, 2.75) is 46.5 Å². The van der Waals surface area contributed by atoms with E-state index in [0.29, 0.717) is 22.9 Å². The number of aryl methyl sites for hydroxylation is 1. The van der Waals surface area contributed by atoms with E-state index in [9.17, 15) is 19.7 Å². The Morgan fingerprint density at radius 1 is 1.09 bits per heavy atom. The number of hydrogen-bond donors (Lipinski definition) is 1. The Hall–Kier alpha value is -3.52. The van der Waals surface area contributed by atoms with Crippen LogP contribution in [0, 0.1) is 17.0 Å². The van der Waals surface area contributed by atoms with Gasteiger partial charge in [-0.2, -0.15) is 0 Å². The average molecular weight is 481 g/mol. The number of carbonyl (C=O) groups excluding carboxylic acids is 2. The van der Waals surface area contributed by atoms with Gasteiger partial charge in [0, 0.05) is 28.1 Å². The van der Waals surface area contributed by atoms with Gasteiger partial charge in [0.2, 0.25) is 0 Å². The smallest absolute Gasteiger partial charge is 0.341 e. The number of thiophene rings is 1. The van der Waals surface area contributed by atoms with E-state index in [2.05, 4.69) is 31.3 Å². The molecule has 0 fully saturated rings. The second kappa shape index (κ2) is 11.1. The lowest BCUT2D eigenvalue weighted by Crippen LogP contribution is -2.15. The first-order chi connectivity index (χ1) is 16.3. The van der Waals surface area contributed by atoms with Gasteiger partial charge in [0.15, 0.2) is 0 Å². The summed E-state index contributed by atoms with van der Waals surface area (Å²) >= 11 is 1.30. The highest BCUT2D eigenvalue weighted by Gasteiger charge is 2.26. The molecule has 1 atom stereocenters. The summed E-state index contributed by atoms with van der Waals surface area (Å²) in [5, 5.41) is 14.1. The van der Waals surface area contributed by atoms with Crippen molar-refractivity contribution in [3.05, 3.63) is 80.2 Å². The number of esters is 1. The maximum Gasteiger partial charge on any atom is 0.341 e. The van der Waals surface area contributed by atoms with Crippen molar-refractivity contribution in [3.8, 4) is 11.1 Å². The largest absolute Gasteiger partial charge is 0.462 e. The molecular formula is C26H28N2O5S. The van der Waals surface area contributed by atoms with E-state index in [0.717, 1.165) is 22.4 Å². The van der Waals surface area contributed by atoms with Crippen molar-refractivity contribution in [2.75, 3.05) is 11.9 Å². The van der Waals surface area contributed by atoms with Crippen LogP contribution < -0.4 is 5.32 Å². The molecule has 3 aromatic rings. The number of rotatable bonds is 9. The molecule has 178 valence electrons. The first kappa shape index (κ1) is 25.1. The summed E-state index contributed by atoms with van der Waals surface area (Å²) in [6.45, 7) is 8.40. The van der Waals surface area contributed by atoms with E-state index in [1.54, 1.807) is 0 Å². The highest BCUT2D eigenvalue weighted by atomic mass is 32.1. The Morgan fingerprint density at radius 3 is 2.29 bits per heavy atom. The van der Waals surface area contributed by atoms with Gasteiger partial charge in [-0.3, -0.25) is 14.9 Å². The molecule has 0 bridgehead atoms. The fourth-order valence-electron chi connectivity index (χ4n) is 3.57. The molecule has 7 nitrogen and oxygen atoms in total. The monoisotopic (exact) mass is 480 g/mol. The lowest BCUT2D eigenvalue weighted by Gasteiger charge is -2.12. The van der Waals surface area contributed by atoms with Crippen molar-refractivity contribution >= 4 is 33.9 Å². The summed E-state index contributed by atoms with van der Waals surface area (Å²) in [4.78, 5) is 37.2. The number of nitro benzene ring substituents is 1. The van der Waals surface area contributed by atoms with Crippen LogP contribution in [0.2, 0.25) is 0 Å². The van der Waals surface area contributed by atoms with Crippen molar-refractivity contribution in [3.63, 3.8) is 0 Å². The van der Waals surface area contributed by atoms with Crippen molar-refractivity contribution in [1.29, 1.82) is 0 Å². The Kier molecular flexibility index (Phi) is 8.17. The number of non-ortho nitro benzene ring substituents is 1. The van der Waals surface area contributed by atoms with Gasteiger partial charge in [-0.1, -0.05) is 45.0 Å². The maximum atomic E-state index is 13.0. The van der Waals surface area contributed by atoms with Crippen LogP contribution in [0.5, 0.6) is 0 Å². The Bertz CT molecular complexity index is 1180. The third-order valence-corrected chi connectivity index (χ3v) is 6.69. The molecule has 8 heteroatoms. The van der Waals surface area contributed by atoms with Gasteiger partial charge in [-0.25, -0.2) is 4.79 Å². The zero-order valence-corrected chi connectivity index (χ0v) is 20.5. The SMILES string of the molecule is CCCOC(=O)c1c(NC(=O)c2ccc([N+](=O)[O-])cc2)sc(C)c1-c1ccc([C@H](C)CC)cc1. The van der Waals surface area contributed by atoms with Crippen LogP contribution in [-0.2, 0) is 4.74 Å². The first-order valence-electron chi connectivity index (χ1n) is 11.2. The molecule has 0 saturated heterocycles. The second-order valence-electron chi connectivity index (χ2n) is 8.06. The number of nitrogens with zero attached hydrogens (tertiary/aromatic N) is 1. The third kappa shape index (κ3) is 5.51. The Labute approximate surface area is 202 Å². The molecule has 1 heterocycles. The van der Waals surface area contributed by atoms with Crippen LogP contribution >= 0.6 is 11.3 Å². The number of hydrogen-bond acceptors (Lipinski definition) is 6. The summed E-state index contributed by atoms with van der Waals surface area (Å²) < 4.78 is 5.44. The summed E-state index contributed by atoms with van der Waals surface area (Å²) in [7, 11) is 0. The molecule has 3 rings (SSSR count). The number of anilines is 1. The Balaban J connectivity index is 1.99. The van der Waals surface area contributed by atoms with Crippen LogP contribution in [-0.4, -0.2) is 23.4 Å². The summed E-state index contributed by atoms with van der Waals surface area (Å²) in [5.41, 5.74) is 3.31. The van der Waals surface area contributed by atoms with Gasteiger partial charge >= 0.3 is 5.97 Å². The van der Waals surface area contributed by atoms with Crippen LogP contribution in [0.15, 0.2) is 48.5 Å². The number of nitro groups is 1. The number of ether oxygens (including phenoxy) is 1. The Morgan fingerprint density at radius 2 is 1.74 bits per heavy atom. The topological polar surface area (TPSA) is 98.5 Å². The van der Waals surface area contributed by atoms with E-state index < -0.39 is 16.8 Å². The highest BCUT2D eigenvalue weighted by molar-refractivity contribution is 7.17. The van der Waals surface area contributed by atoms with Gasteiger partial charge in [0.25, 0.3) is 11.6 Å². The molecule has 2 aromatic carbocycles. The first-order valence-corrected chi connectivity index (χ1v) is 12.0. The molecule has 1 amide bonds. The minimum absolute atomic E-state index is 0.101. The van der Waals surface area contributed by atoms with Gasteiger partial charge in [0.1, 0.15) is 10.6 Å². The third-order valence-electron chi connectivity index (χ3n) is 5.67. The van der Waals surface area contributed by atoms with Crippen molar-refractivity contribution < 1.29 is 19.2 Å². The molecule has 0 unspecified atom stereocenters. The summed E-state index contributed by atoms with van der Waals surface area (Å²) in [5.74, 6) is -0.520. The van der Waals surface area contributed by atoms with E-state index in [1.165, 1.54) is 41.2 Å². The molecule has 0 aliphatic carbocycles. The van der Waals surface area contributed by atoms with E-state index in [1.807, 2.05) is 26.0 Å². The highest BCUT2D eigenvalue weighted by Crippen LogP contribution is 2.41. The number of carbonyl (C=O) groups is 2. The number of nitrogens with one attached hydrogen (secondary N) is 1. The van der Waals surface area contributed by atoms with Crippen LogP contribution in [0.4, 0.5) is 10.7 Å². The molecule has 0 spiro atoms. The standard InChI is InChI=1S/C26H28N2O5S/c1-5-15-33-26(30)23-22(19-9-7-18(8-10-19)16(3)6-2)17(4)34-25(23)27-24(29)20-11-13-21(14-12-20)28(31)32/h7-14,16H,5-6,15H2,1-4H3,(H,27,29)/t16-/m1/s1. The van der Waals surface area contributed by atoms with Gasteiger partial charge in [0.05, 0.1) is 11.5 Å². The molecule has 0 aliphatic rings. The lowest BCUT2D eigenvalue weighted by molar-refractivity contribution is -0.384. The molecule has 0 aliphatic heterocycles. The average Bonchev–Trinajstić information content (AvgIpc) is 3.17. The fraction of sp³-hybridized carbons (Fsp3) is 0.308. The quantitative estimate of drug-likeness (QED) is 0.203. The molecular weight excluding hydrogens is 452 g/mol. The minimum atomic E-state index is -0.523. The van der Waals surface area contributed by atoms with Gasteiger partial charge in [-0.05, 0) is 48.9 Å². The fourth-order valence-corrected chi connectivity index (χ4v) is 4.63. The van der Waals surface area contributed by atoms with Crippen LogP contribution in [0.25, 0.3) is 11.1 Å². The molecule has 1 N–H and O–H groups in total. The molecule has 1 aromatic heterocycles. The zero-order chi connectivity index (χ0) is 24.8. The van der Waals surface area contributed by atoms with Gasteiger partial charge in [-0.15, -0.1) is 11.3 Å². The summed E-state index contributed by atoms with van der Waals surface area (Å²) in [6, 6.07) is 13.4. The minimum Gasteiger partial charge on any atom is -0.462 e. The van der Waals surface area contributed by atoms with Crippen molar-refractivity contribution in [1.82, 2.24) is 0 Å². The zero-order valence-electron chi connectivity index (χ0n) is 19.7. The molecule has 34 heavy (non-hydrogen) atoms. The van der Waals surface area contributed by atoms with E-state index in [-0.39, 0.29) is 17.9 Å². The number of benzene rings is 2. The van der Waals surface area contributed by atoms with Crippen molar-refractivity contribution in [2.24, 2.45) is 0 Å². The van der Waals surface area contributed by atoms with Gasteiger partial charge < -0.3 is 10.1 Å². The number of amides is 1.